The number of hydrogen-bond acceptors (Lipinski definition) is 4. The zero-order valence-corrected chi connectivity index (χ0v) is 7.18. The lowest BCUT2D eigenvalue weighted by Gasteiger charge is -2.10. The van der Waals surface area contributed by atoms with E-state index in [-0.39, 0.29) is 0 Å². The second-order valence-electron chi connectivity index (χ2n) is 2.78. The molecule has 0 radical (unpaired) electrons. The Kier molecular flexibility index (Phi) is 1.83. The average Bonchev–Trinajstić information content (AvgIpc) is 2.17. The summed E-state index contributed by atoms with van der Waals surface area (Å²) < 4.78 is 0. The van der Waals surface area contributed by atoms with E-state index < -0.39 is 0 Å². The van der Waals surface area contributed by atoms with Crippen LogP contribution in [0.25, 0.3) is 10.8 Å². The number of nitrogens with zero attached hydrogens (tertiary/aromatic N) is 3. The topological polar surface area (TPSA) is 49.2 Å². The van der Waals surface area contributed by atoms with Gasteiger partial charge in [-0.05, 0) is 0 Å². The summed E-state index contributed by atoms with van der Waals surface area (Å²) in [5.74, 6) is 0.470. The van der Waals surface area contributed by atoms with E-state index in [9.17, 15) is 5.21 Å². The summed E-state index contributed by atoms with van der Waals surface area (Å²) in [6, 6.07) is 7.64. The van der Waals surface area contributed by atoms with Crippen molar-refractivity contribution in [1.29, 1.82) is 0 Å². The molecule has 0 unspecified atom stereocenters. The highest BCUT2D eigenvalue weighted by atomic mass is 16.5. The predicted molar refractivity (Wildman–Crippen MR) is 49.7 cm³/mol. The van der Waals surface area contributed by atoms with Crippen molar-refractivity contribution in [2.45, 2.75) is 0 Å². The Morgan fingerprint density at radius 3 is 2.85 bits per heavy atom. The molecule has 0 atom stereocenters. The molecule has 4 nitrogen and oxygen atoms in total. The van der Waals surface area contributed by atoms with Gasteiger partial charge in [-0.1, -0.05) is 24.3 Å². The first-order chi connectivity index (χ1) is 6.29. The van der Waals surface area contributed by atoms with Gasteiger partial charge in [-0.15, -0.1) is 5.10 Å². The summed E-state index contributed by atoms with van der Waals surface area (Å²) in [5, 5.41) is 19.7. The normalized spacial score (nSPS) is 10.3. The van der Waals surface area contributed by atoms with E-state index >= 15 is 0 Å². The van der Waals surface area contributed by atoms with Crippen LogP contribution >= 0.6 is 0 Å². The van der Waals surface area contributed by atoms with Crippen LogP contribution in [0, 0.1) is 0 Å². The van der Waals surface area contributed by atoms with Crippen molar-refractivity contribution in [3.8, 4) is 0 Å². The molecule has 1 aromatic heterocycles. The zero-order valence-electron chi connectivity index (χ0n) is 7.18. The molecule has 66 valence electrons. The molecule has 0 aliphatic rings. The lowest BCUT2D eigenvalue weighted by Crippen LogP contribution is -2.12. The van der Waals surface area contributed by atoms with Crippen LogP contribution in [0.1, 0.15) is 0 Å². The van der Waals surface area contributed by atoms with Gasteiger partial charge < -0.3 is 0 Å². The number of benzene rings is 1. The Hall–Kier alpha value is -1.68. The standard InChI is InChI=1S/C9H9N3O/c1-12(13)9-8-5-3-2-4-7(8)6-10-11-9/h2-6,13H,1H3. The van der Waals surface area contributed by atoms with Crippen molar-refractivity contribution < 1.29 is 5.21 Å². The molecule has 0 spiro atoms. The summed E-state index contributed by atoms with van der Waals surface area (Å²) in [6.07, 6.45) is 1.67. The molecule has 0 aliphatic heterocycles. The molecular formula is C9H9N3O. The molecule has 0 aliphatic carbocycles. The van der Waals surface area contributed by atoms with Gasteiger partial charge >= 0.3 is 0 Å². The molecule has 0 bridgehead atoms. The van der Waals surface area contributed by atoms with Crippen LogP contribution in [0.5, 0.6) is 0 Å². The largest absolute Gasteiger partial charge is 0.287 e. The molecule has 0 amide bonds. The first-order valence-electron chi connectivity index (χ1n) is 3.92. The molecule has 2 aromatic rings. The van der Waals surface area contributed by atoms with Crippen molar-refractivity contribution in [3.63, 3.8) is 0 Å². The first-order valence-corrected chi connectivity index (χ1v) is 3.92. The van der Waals surface area contributed by atoms with Crippen LogP contribution in [-0.4, -0.2) is 22.5 Å². The Labute approximate surface area is 75.4 Å². The number of fused-ring (bicyclic) bond motifs is 1. The maximum absolute atomic E-state index is 9.25. The highest BCUT2D eigenvalue weighted by molar-refractivity contribution is 5.90. The van der Waals surface area contributed by atoms with E-state index in [1.807, 2.05) is 24.3 Å². The highest BCUT2D eigenvalue weighted by Crippen LogP contribution is 2.20. The third kappa shape index (κ3) is 1.31. The van der Waals surface area contributed by atoms with E-state index in [0.29, 0.717) is 5.82 Å². The molecule has 0 fully saturated rings. The summed E-state index contributed by atoms with van der Waals surface area (Å²) in [6.45, 7) is 0. The molecule has 0 saturated carbocycles. The van der Waals surface area contributed by atoms with Crippen LogP contribution in [0.4, 0.5) is 5.82 Å². The third-order valence-electron chi connectivity index (χ3n) is 1.86. The summed E-state index contributed by atoms with van der Waals surface area (Å²) >= 11 is 0. The zero-order chi connectivity index (χ0) is 9.26. The van der Waals surface area contributed by atoms with E-state index in [1.54, 1.807) is 6.20 Å². The highest BCUT2D eigenvalue weighted by Gasteiger charge is 2.04. The van der Waals surface area contributed by atoms with Crippen LogP contribution < -0.4 is 5.06 Å². The second-order valence-corrected chi connectivity index (χ2v) is 2.78. The maximum Gasteiger partial charge on any atom is 0.182 e. The Bertz CT molecular complexity index is 423. The smallest absolute Gasteiger partial charge is 0.182 e. The van der Waals surface area contributed by atoms with E-state index in [1.165, 1.54) is 7.05 Å². The Morgan fingerprint density at radius 2 is 2.08 bits per heavy atom. The van der Waals surface area contributed by atoms with Crippen LogP contribution in [0.2, 0.25) is 0 Å². The van der Waals surface area contributed by atoms with Crippen LogP contribution in [-0.2, 0) is 0 Å². The van der Waals surface area contributed by atoms with E-state index in [2.05, 4.69) is 10.2 Å². The fourth-order valence-corrected chi connectivity index (χ4v) is 1.25. The predicted octanol–water partition coefficient (Wildman–Crippen LogP) is 1.46. The van der Waals surface area contributed by atoms with Gasteiger partial charge in [-0.25, -0.2) is 5.06 Å². The minimum absolute atomic E-state index is 0.470. The molecule has 2 rings (SSSR count). The van der Waals surface area contributed by atoms with Gasteiger partial charge in [0.2, 0.25) is 0 Å². The van der Waals surface area contributed by atoms with Crippen LogP contribution in [0.15, 0.2) is 30.5 Å². The molecule has 13 heavy (non-hydrogen) atoms. The SMILES string of the molecule is CN(O)c1nncc2ccccc12. The van der Waals surface area contributed by atoms with Crippen molar-refractivity contribution in [3.05, 3.63) is 30.5 Å². The molecule has 4 heteroatoms. The quantitative estimate of drug-likeness (QED) is 0.666. The number of aromatic nitrogens is 2. The van der Waals surface area contributed by atoms with Crippen molar-refractivity contribution in [2.24, 2.45) is 0 Å². The minimum Gasteiger partial charge on any atom is -0.287 e. The van der Waals surface area contributed by atoms with Gasteiger partial charge in [0.1, 0.15) is 0 Å². The molecule has 1 heterocycles. The Morgan fingerprint density at radius 1 is 1.31 bits per heavy atom. The maximum atomic E-state index is 9.25. The van der Waals surface area contributed by atoms with Gasteiger partial charge in [-0.3, -0.25) is 5.21 Å². The van der Waals surface area contributed by atoms with Gasteiger partial charge in [0, 0.05) is 17.8 Å². The van der Waals surface area contributed by atoms with Crippen molar-refractivity contribution in [2.75, 3.05) is 12.1 Å². The molecule has 1 N–H and O–H groups in total. The van der Waals surface area contributed by atoms with E-state index in [4.69, 9.17) is 0 Å². The van der Waals surface area contributed by atoms with Gasteiger partial charge in [0.05, 0.1) is 6.20 Å². The number of hydroxylamine groups is 1. The van der Waals surface area contributed by atoms with Crippen LogP contribution in [0.3, 0.4) is 0 Å². The number of hydrogen-bond donors (Lipinski definition) is 1. The summed E-state index contributed by atoms with van der Waals surface area (Å²) in [4.78, 5) is 0. The third-order valence-corrected chi connectivity index (χ3v) is 1.86. The summed E-state index contributed by atoms with van der Waals surface area (Å²) in [7, 11) is 1.52. The lowest BCUT2D eigenvalue weighted by atomic mass is 10.2. The van der Waals surface area contributed by atoms with Gasteiger partial charge in [0.15, 0.2) is 5.82 Å². The Balaban J connectivity index is 2.76. The molecule has 0 saturated heterocycles. The van der Waals surface area contributed by atoms with Crippen molar-refractivity contribution in [1.82, 2.24) is 10.2 Å². The van der Waals surface area contributed by atoms with Gasteiger partial charge in [0.25, 0.3) is 0 Å². The monoisotopic (exact) mass is 175 g/mol. The fraction of sp³-hybridized carbons (Fsp3) is 0.111. The first kappa shape index (κ1) is 7.94. The minimum atomic E-state index is 0.470. The number of rotatable bonds is 1. The lowest BCUT2D eigenvalue weighted by molar-refractivity contribution is 0.276. The summed E-state index contributed by atoms with van der Waals surface area (Å²) in [5.41, 5.74) is 0. The van der Waals surface area contributed by atoms with Crippen molar-refractivity contribution >= 4 is 16.6 Å². The fourth-order valence-electron chi connectivity index (χ4n) is 1.25. The molecule has 1 aromatic carbocycles. The van der Waals surface area contributed by atoms with Gasteiger partial charge in [-0.2, -0.15) is 5.10 Å². The van der Waals surface area contributed by atoms with E-state index in [0.717, 1.165) is 15.8 Å². The second kappa shape index (κ2) is 2.99. The number of anilines is 1. The average molecular weight is 175 g/mol. The molecular weight excluding hydrogens is 166 g/mol.